The Kier molecular flexibility index (Phi) is 3.72. The van der Waals surface area contributed by atoms with Gasteiger partial charge in [-0.15, -0.1) is 0 Å². The monoisotopic (exact) mass is 186 g/mol. The quantitative estimate of drug-likeness (QED) is 0.662. The molecule has 0 aromatic heterocycles. The highest BCUT2D eigenvalue weighted by atomic mass is 16.5. The third kappa shape index (κ3) is 2.69. The highest BCUT2D eigenvalue weighted by Crippen LogP contribution is 2.30. The lowest BCUT2D eigenvalue weighted by Gasteiger charge is -2.28. The highest BCUT2D eigenvalue weighted by Gasteiger charge is 2.28. The summed E-state index contributed by atoms with van der Waals surface area (Å²) in [5, 5.41) is 9.29. The Balaban J connectivity index is 2.39. The Labute approximate surface area is 79.1 Å². The average molecular weight is 186 g/mol. The van der Waals surface area contributed by atoms with Crippen LogP contribution in [0.25, 0.3) is 0 Å². The normalized spacial score (nSPS) is 31.0. The number of methoxy groups -OCH3 is 1. The lowest BCUT2D eigenvalue weighted by Crippen LogP contribution is -2.27. The van der Waals surface area contributed by atoms with Crippen molar-refractivity contribution in [2.24, 2.45) is 11.8 Å². The Hall–Kier alpha value is -0.570. The number of carbonyl (C=O) groups excluding carboxylic acids is 1. The van der Waals surface area contributed by atoms with E-state index in [1.165, 1.54) is 7.11 Å². The Bertz CT molecular complexity index is 171. The Morgan fingerprint density at radius 3 is 2.38 bits per heavy atom. The van der Waals surface area contributed by atoms with Crippen LogP contribution in [-0.2, 0) is 9.53 Å². The van der Waals surface area contributed by atoms with Gasteiger partial charge in [-0.1, -0.05) is 6.92 Å². The van der Waals surface area contributed by atoms with E-state index in [0.717, 1.165) is 25.7 Å². The third-order valence-electron chi connectivity index (χ3n) is 3.02. The fourth-order valence-electron chi connectivity index (χ4n) is 1.98. The second kappa shape index (κ2) is 4.61. The van der Waals surface area contributed by atoms with Crippen LogP contribution in [-0.4, -0.2) is 24.3 Å². The molecule has 13 heavy (non-hydrogen) atoms. The molecule has 0 spiro atoms. The molecule has 1 rings (SSSR count). The first-order valence-electron chi connectivity index (χ1n) is 4.91. The molecule has 0 heterocycles. The van der Waals surface area contributed by atoms with Crippen molar-refractivity contribution in [1.82, 2.24) is 0 Å². The van der Waals surface area contributed by atoms with Crippen LogP contribution in [0.2, 0.25) is 0 Å². The van der Waals surface area contributed by atoms with Crippen molar-refractivity contribution in [3.63, 3.8) is 0 Å². The second-order valence-corrected chi connectivity index (χ2v) is 3.88. The number of aliphatic hydroxyl groups is 1. The highest BCUT2D eigenvalue weighted by molar-refractivity contribution is 5.72. The van der Waals surface area contributed by atoms with Crippen molar-refractivity contribution in [2.75, 3.05) is 7.11 Å². The fraction of sp³-hybridized carbons (Fsp3) is 0.900. The molecule has 1 aliphatic carbocycles. The second-order valence-electron chi connectivity index (χ2n) is 3.88. The summed E-state index contributed by atoms with van der Waals surface area (Å²) >= 11 is 0. The molecule has 0 aliphatic heterocycles. The van der Waals surface area contributed by atoms with E-state index in [-0.39, 0.29) is 18.0 Å². The van der Waals surface area contributed by atoms with Gasteiger partial charge in [0.2, 0.25) is 0 Å². The van der Waals surface area contributed by atoms with Crippen LogP contribution >= 0.6 is 0 Å². The van der Waals surface area contributed by atoms with E-state index in [9.17, 15) is 9.90 Å². The summed E-state index contributed by atoms with van der Waals surface area (Å²) in [5.41, 5.74) is 0. The number of hydrogen-bond acceptors (Lipinski definition) is 3. The van der Waals surface area contributed by atoms with Crippen LogP contribution in [0, 0.1) is 11.8 Å². The topological polar surface area (TPSA) is 46.5 Å². The van der Waals surface area contributed by atoms with Crippen molar-refractivity contribution < 1.29 is 14.6 Å². The molecule has 0 aromatic carbocycles. The first-order valence-corrected chi connectivity index (χ1v) is 4.91. The van der Waals surface area contributed by atoms with Gasteiger partial charge in [-0.3, -0.25) is 4.79 Å². The van der Waals surface area contributed by atoms with Crippen LogP contribution in [0.3, 0.4) is 0 Å². The number of aliphatic hydroxyl groups excluding tert-OH is 1. The SMILES string of the molecule is COC(=O)[C@@H](C)C1CCC(O)CC1. The van der Waals surface area contributed by atoms with Gasteiger partial charge < -0.3 is 9.84 Å². The van der Waals surface area contributed by atoms with Crippen LogP contribution in [0.4, 0.5) is 0 Å². The molecule has 0 aromatic rings. The molecule has 0 amide bonds. The Morgan fingerprint density at radius 2 is 1.92 bits per heavy atom. The van der Waals surface area contributed by atoms with Crippen LogP contribution < -0.4 is 0 Å². The van der Waals surface area contributed by atoms with Gasteiger partial charge >= 0.3 is 5.97 Å². The van der Waals surface area contributed by atoms with Crippen molar-refractivity contribution in [2.45, 2.75) is 38.7 Å². The molecule has 1 N–H and O–H groups in total. The molecule has 76 valence electrons. The molecule has 3 heteroatoms. The predicted octanol–water partition coefficient (Wildman–Crippen LogP) is 1.35. The molecule has 0 saturated heterocycles. The molecule has 0 radical (unpaired) electrons. The lowest BCUT2D eigenvalue weighted by atomic mass is 9.80. The molecular weight excluding hydrogens is 168 g/mol. The van der Waals surface area contributed by atoms with E-state index in [1.54, 1.807) is 0 Å². The molecule has 1 saturated carbocycles. The molecule has 1 atom stereocenters. The molecule has 3 nitrogen and oxygen atoms in total. The molecular formula is C10H18O3. The number of ether oxygens (including phenoxy) is 1. The number of hydrogen-bond donors (Lipinski definition) is 1. The van der Waals surface area contributed by atoms with Gasteiger partial charge in [-0.25, -0.2) is 0 Å². The molecule has 0 bridgehead atoms. The van der Waals surface area contributed by atoms with Gasteiger partial charge in [-0.2, -0.15) is 0 Å². The first-order chi connectivity index (χ1) is 6.15. The minimum Gasteiger partial charge on any atom is -0.469 e. The van der Waals surface area contributed by atoms with E-state index >= 15 is 0 Å². The predicted molar refractivity (Wildman–Crippen MR) is 49.1 cm³/mol. The summed E-state index contributed by atoms with van der Waals surface area (Å²) in [6.07, 6.45) is 3.38. The summed E-state index contributed by atoms with van der Waals surface area (Å²) in [4.78, 5) is 11.2. The van der Waals surface area contributed by atoms with Gasteiger partial charge in [0, 0.05) is 0 Å². The summed E-state index contributed by atoms with van der Waals surface area (Å²) < 4.78 is 4.69. The number of rotatable bonds is 2. The molecule has 1 aliphatic rings. The largest absolute Gasteiger partial charge is 0.469 e. The first kappa shape index (κ1) is 10.5. The maximum atomic E-state index is 11.2. The standard InChI is InChI=1S/C10H18O3/c1-7(10(12)13-2)8-3-5-9(11)6-4-8/h7-9,11H,3-6H2,1-2H3/t7-,8?,9?/m0/s1. The van der Waals surface area contributed by atoms with Crippen molar-refractivity contribution in [1.29, 1.82) is 0 Å². The Morgan fingerprint density at radius 1 is 1.38 bits per heavy atom. The minimum absolute atomic E-state index is 0.0162. The smallest absolute Gasteiger partial charge is 0.308 e. The maximum absolute atomic E-state index is 11.2. The van der Waals surface area contributed by atoms with Crippen molar-refractivity contribution in [3.05, 3.63) is 0 Å². The van der Waals surface area contributed by atoms with E-state index in [2.05, 4.69) is 0 Å². The van der Waals surface area contributed by atoms with E-state index in [4.69, 9.17) is 4.74 Å². The van der Waals surface area contributed by atoms with Crippen LogP contribution in [0.1, 0.15) is 32.6 Å². The van der Waals surface area contributed by atoms with Crippen LogP contribution in [0.15, 0.2) is 0 Å². The van der Waals surface area contributed by atoms with Gasteiger partial charge in [0.25, 0.3) is 0 Å². The summed E-state index contributed by atoms with van der Waals surface area (Å²) in [6, 6.07) is 0. The third-order valence-corrected chi connectivity index (χ3v) is 3.02. The van der Waals surface area contributed by atoms with Crippen LogP contribution in [0.5, 0.6) is 0 Å². The van der Waals surface area contributed by atoms with E-state index in [0.29, 0.717) is 5.92 Å². The number of carbonyl (C=O) groups is 1. The summed E-state index contributed by atoms with van der Waals surface area (Å²) in [7, 11) is 1.43. The van der Waals surface area contributed by atoms with Crippen molar-refractivity contribution in [3.8, 4) is 0 Å². The average Bonchev–Trinajstić information content (AvgIpc) is 2.17. The van der Waals surface area contributed by atoms with E-state index in [1.807, 2.05) is 6.92 Å². The van der Waals surface area contributed by atoms with E-state index < -0.39 is 0 Å². The molecule has 1 fully saturated rings. The number of esters is 1. The lowest BCUT2D eigenvalue weighted by molar-refractivity contribution is -0.147. The maximum Gasteiger partial charge on any atom is 0.308 e. The minimum atomic E-state index is -0.152. The summed E-state index contributed by atoms with van der Waals surface area (Å²) in [5.74, 6) is 0.259. The van der Waals surface area contributed by atoms with Crippen molar-refractivity contribution >= 4 is 5.97 Å². The fourth-order valence-corrected chi connectivity index (χ4v) is 1.98. The van der Waals surface area contributed by atoms with Gasteiger partial charge in [-0.05, 0) is 31.6 Å². The van der Waals surface area contributed by atoms with Gasteiger partial charge in [0.1, 0.15) is 0 Å². The zero-order valence-electron chi connectivity index (χ0n) is 8.32. The zero-order valence-corrected chi connectivity index (χ0v) is 8.32. The zero-order chi connectivity index (χ0) is 9.84. The molecule has 0 unspecified atom stereocenters. The van der Waals surface area contributed by atoms with Gasteiger partial charge in [0.05, 0.1) is 19.1 Å². The summed E-state index contributed by atoms with van der Waals surface area (Å²) in [6.45, 7) is 1.91. The van der Waals surface area contributed by atoms with Gasteiger partial charge in [0.15, 0.2) is 0 Å².